The van der Waals surface area contributed by atoms with Gasteiger partial charge in [0.2, 0.25) is 0 Å². The van der Waals surface area contributed by atoms with Gasteiger partial charge in [-0.3, -0.25) is 10.0 Å². The monoisotopic (exact) mass is 593 g/mol. The molecule has 0 spiro atoms. The third-order valence-corrected chi connectivity index (χ3v) is 7.59. The maximum atomic E-state index is 13.5. The number of ether oxygens (including phenoxy) is 4. The molecule has 0 radical (unpaired) electrons. The number of para-hydroxylation sites is 3. The molecule has 222 valence electrons. The molecular formula is C31H35N3O7S. The van der Waals surface area contributed by atoms with Crippen molar-refractivity contribution in [3.05, 3.63) is 96.7 Å². The zero-order chi connectivity index (χ0) is 30.4. The lowest BCUT2D eigenvalue weighted by Gasteiger charge is -2.34. The summed E-state index contributed by atoms with van der Waals surface area (Å²) in [5, 5.41) is 5.63. The highest BCUT2D eigenvalue weighted by molar-refractivity contribution is 7.92. The number of rotatable bonds is 10. The van der Waals surface area contributed by atoms with Crippen molar-refractivity contribution in [1.29, 1.82) is 0 Å². The Morgan fingerprint density at radius 3 is 2.24 bits per heavy atom. The molecule has 1 amide bonds. The number of carbonyl (C=O) groups is 1. The lowest BCUT2D eigenvalue weighted by molar-refractivity contribution is 0.0479. The van der Waals surface area contributed by atoms with E-state index in [0.29, 0.717) is 11.5 Å². The Labute approximate surface area is 246 Å². The molecule has 0 fully saturated rings. The van der Waals surface area contributed by atoms with Crippen LogP contribution in [-0.2, 0) is 20.2 Å². The van der Waals surface area contributed by atoms with Crippen LogP contribution in [0.3, 0.4) is 0 Å². The maximum absolute atomic E-state index is 13.5. The number of hydrogen-bond acceptors (Lipinski definition) is 8. The molecule has 1 atom stereocenters. The third kappa shape index (κ3) is 7.16. The first-order valence-corrected chi connectivity index (χ1v) is 14.8. The topological polar surface area (TPSA) is 124 Å². The van der Waals surface area contributed by atoms with Crippen molar-refractivity contribution in [1.82, 2.24) is 10.6 Å². The molecule has 3 aromatic rings. The summed E-state index contributed by atoms with van der Waals surface area (Å²) in [7, 11) is -2.55. The Bertz CT molecular complexity index is 1580. The lowest BCUT2D eigenvalue weighted by Crippen LogP contribution is -2.60. The average Bonchev–Trinajstić information content (AvgIpc) is 2.95. The molecular weight excluding hydrogens is 558 g/mol. The Balaban J connectivity index is 1.77. The fourth-order valence-electron chi connectivity index (χ4n) is 4.06. The number of nitrogens with one attached hydrogen (secondary N) is 3. The van der Waals surface area contributed by atoms with Crippen LogP contribution in [0.1, 0.15) is 33.3 Å². The van der Waals surface area contributed by atoms with Crippen LogP contribution in [0.2, 0.25) is 0 Å². The van der Waals surface area contributed by atoms with Crippen LogP contribution in [0.5, 0.6) is 23.0 Å². The average molecular weight is 594 g/mol. The van der Waals surface area contributed by atoms with Gasteiger partial charge in [-0.2, -0.15) is 0 Å². The van der Waals surface area contributed by atoms with E-state index in [4.69, 9.17) is 18.9 Å². The Hall–Kier alpha value is -4.64. The van der Waals surface area contributed by atoms with E-state index < -0.39 is 22.0 Å². The molecule has 3 N–H and O–H groups in total. The minimum Gasteiger partial charge on any atom is -0.493 e. The van der Waals surface area contributed by atoms with Gasteiger partial charge in [0.15, 0.2) is 23.0 Å². The van der Waals surface area contributed by atoms with Crippen molar-refractivity contribution in [3.63, 3.8) is 0 Å². The van der Waals surface area contributed by atoms with Gasteiger partial charge in [-0.15, -0.1) is 0 Å². The van der Waals surface area contributed by atoms with Crippen LogP contribution in [0, 0.1) is 0 Å². The zero-order valence-electron chi connectivity index (χ0n) is 24.1. The number of alkyl carbamates (subject to hydrolysis) is 1. The van der Waals surface area contributed by atoms with E-state index in [1.807, 2.05) is 0 Å². The fourth-order valence-corrected chi connectivity index (χ4v) is 5.12. The smallest absolute Gasteiger partial charge is 0.411 e. The van der Waals surface area contributed by atoms with Gasteiger partial charge >= 0.3 is 6.09 Å². The summed E-state index contributed by atoms with van der Waals surface area (Å²) in [6, 6.07) is 18.4. The highest BCUT2D eigenvalue weighted by Gasteiger charge is 2.34. The highest BCUT2D eigenvalue weighted by Crippen LogP contribution is 2.43. The van der Waals surface area contributed by atoms with Gasteiger partial charge in [0.25, 0.3) is 15.9 Å². The summed E-state index contributed by atoms with van der Waals surface area (Å²) in [6.07, 6.45) is 5.83. The normalized spacial score (nSPS) is 16.2. The van der Waals surface area contributed by atoms with E-state index in [9.17, 15) is 13.2 Å². The molecule has 11 heteroatoms. The second kappa shape index (κ2) is 12.5. The molecule has 42 heavy (non-hydrogen) atoms. The van der Waals surface area contributed by atoms with E-state index in [-0.39, 0.29) is 34.1 Å². The minimum atomic E-state index is -4.04. The molecule has 4 rings (SSSR count). The van der Waals surface area contributed by atoms with E-state index >= 15 is 0 Å². The van der Waals surface area contributed by atoms with E-state index in [1.165, 1.54) is 7.11 Å². The Morgan fingerprint density at radius 2 is 1.62 bits per heavy atom. The second-order valence-electron chi connectivity index (χ2n) is 10.3. The van der Waals surface area contributed by atoms with Crippen LogP contribution in [0.15, 0.2) is 96.1 Å². The molecule has 0 aliphatic carbocycles. The van der Waals surface area contributed by atoms with E-state index in [2.05, 4.69) is 36.1 Å². The maximum Gasteiger partial charge on any atom is 0.411 e. The van der Waals surface area contributed by atoms with Crippen molar-refractivity contribution in [2.24, 2.45) is 0 Å². The van der Waals surface area contributed by atoms with Gasteiger partial charge in [0, 0.05) is 12.3 Å². The minimum absolute atomic E-state index is 0.0340. The Morgan fingerprint density at radius 1 is 0.929 bits per heavy atom. The molecule has 3 aromatic carbocycles. The van der Waals surface area contributed by atoms with Crippen LogP contribution in [0.25, 0.3) is 0 Å². The summed E-state index contributed by atoms with van der Waals surface area (Å²) >= 11 is 0. The second-order valence-corrected chi connectivity index (χ2v) is 12.0. The number of amides is 1. The molecule has 10 nitrogen and oxygen atoms in total. The summed E-state index contributed by atoms with van der Waals surface area (Å²) in [5.41, 5.74) is 0.958. The standard InChI is InChI=1S/C31H35N3O7S/c1-6-39-29(35)33-31(20-9-10-21-32-31)41-27-15-11-12-24(28(27)40-26-14-8-7-13-25(26)38-5)34-42(36,37)23-18-16-22(17-19-23)30(2,3)4/h7-21,32,34H,6H2,1-5H3,(H,33,35). The van der Waals surface area contributed by atoms with Crippen molar-refractivity contribution >= 4 is 21.8 Å². The van der Waals surface area contributed by atoms with Gasteiger partial charge in [0.1, 0.15) is 0 Å². The fraction of sp³-hybridized carbons (Fsp3) is 0.258. The van der Waals surface area contributed by atoms with Crippen LogP contribution in [-0.4, -0.2) is 34.1 Å². The Kier molecular flexibility index (Phi) is 9.01. The van der Waals surface area contributed by atoms with Crippen molar-refractivity contribution < 1.29 is 32.2 Å². The van der Waals surface area contributed by atoms with Gasteiger partial charge < -0.3 is 24.3 Å². The SMILES string of the molecule is CCOC(=O)NC1(Oc2cccc(NS(=O)(=O)c3ccc(C(C)(C)C)cc3)c2Oc2ccccc2OC)C=CC=CN1. The number of anilines is 1. The predicted molar refractivity (Wildman–Crippen MR) is 160 cm³/mol. The van der Waals surface area contributed by atoms with Crippen molar-refractivity contribution in [3.8, 4) is 23.0 Å². The van der Waals surface area contributed by atoms with Gasteiger partial charge in [0.05, 0.1) is 24.3 Å². The largest absolute Gasteiger partial charge is 0.493 e. The molecule has 1 heterocycles. The van der Waals surface area contributed by atoms with Gasteiger partial charge in [-0.1, -0.05) is 57.2 Å². The summed E-state index contributed by atoms with van der Waals surface area (Å²) in [6.45, 7) is 7.99. The highest BCUT2D eigenvalue weighted by atomic mass is 32.2. The number of carbonyl (C=O) groups excluding carboxylic acids is 1. The van der Waals surface area contributed by atoms with Crippen molar-refractivity contribution in [2.75, 3.05) is 18.4 Å². The molecule has 1 unspecified atom stereocenters. The first-order chi connectivity index (χ1) is 20.0. The lowest BCUT2D eigenvalue weighted by atomic mass is 9.87. The predicted octanol–water partition coefficient (Wildman–Crippen LogP) is 6.04. The van der Waals surface area contributed by atoms with E-state index in [0.717, 1.165) is 5.56 Å². The molecule has 1 aliphatic heterocycles. The van der Waals surface area contributed by atoms with Gasteiger partial charge in [-0.05, 0) is 60.4 Å². The number of sulfonamides is 1. The van der Waals surface area contributed by atoms with Crippen LogP contribution in [0.4, 0.5) is 10.5 Å². The quantitative estimate of drug-likeness (QED) is 0.243. The number of hydrogen-bond donors (Lipinski definition) is 3. The molecule has 0 aromatic heterocycles. The molecule has 0 saturated carbocycles. The number of methoxy groups -OCH3 is 1. The summed E-state index contributed by atoms with van der Waals surface area (Å²) < 4.78 is 52.8. The van der Waals surface area contributed by atoms with E-state index in [1.54, 1.807) is 98.1 Å². The number of allylic oxidation sites excluding steroid dienone is 2. The van der Waals surface area contributed by atoms with Gasteiger partial charge in [-0.25, -0.2) is 13.2 Å². The third-order valence-electron chi connectivity index (χ3n) is 6.21. The molecule has 0 saturated heterocycles. The molecule has 0 bridgehead atoms. The molecule has 1 aliphatic rings. The number of benzene rings is 3. The summed E-state index contributed by atoms with van der Waals surface area (Å²) in [5.74, 6) is -0.706. The van der Waals surface area contributed by atoms with Crippen LogP contribution >= 0.6 is 0 Å². The first-order valence-electron chi connectivity index (χ1n) is 13.3. The zero-order valence-corrected chi connectivity index (χ0v) is 24.9. The van der Waals surface area contributed by atoms with Crippen LogP contribution < -0.4 is 29.6 Å². The van der Waals surface area contributed by atoms with Crippen molar-refractivity contribution in [2.45, 2.75) is 43.9 Å². The summed E-state index contributed by atoms with van der Waals surface area (Å²) in [4.78, 5) is 12.5. The number of dihydropyridines is 1. The first kappa shape index (κ1) is 30.3.